The highest BCUT2D eigenvalue weighted by molar-refractivity contribution is 7.16. The molecule has 1 fully saturated rings. The van der Waals surface area contributed by atoms with Crippen molar-refractivity contribution in [2.45, 2.75) is 18.8 Å². The topological polar surface area (TPSA) is 59.3 Å². The highest BCUT2D eigenvalue weighted by Crippen LogP contribution is 2.43. The lowest BCUT2D eigenvalue weighted by Crippen LogP contribution is -2.04. The van der Waals surface area contributed by atoms with Crippen LogP contribution in [0.3, 0.4) is 0 Å². The average Bonchev–Trinajstić information content (AvgIpc) is 3.31. The van der Waals surface area contributed by atoms with E-state index >= 15 is 0 Å². The van der Waals surface area contributed by atoms with E-state index in [1.165, 1.54) is 12.8 Å². The molecule has 1 N–H and O–H groups in total. The predicted octanol–water partition coefficient (Wildman–Crippen LogP) is 6.13. The molecule has 6 rings (SSSR count). The van der Waals surface area contributed by atoms with E-state index < -0.39 is 0 Å². The Morgan fingerprint density at radius 1 is 1.10 bits per heavy atom. The van der Waals surface area contributed by atoms with Crippen LogP contribution >= 0.6 is 34.5 Å². The smallest absolute Gasteiger partial charge is 0.256 e. The van der Waals surface area contributed by atoms with Gasteiger partial charge in [0.1, 0.15) is 5.01 Å². The molecule has 2 aromatic carbocycles. The zero-order valence-electron chi connectivity index (χ0n) is 15.5. The minimum atomic E-state index is -0.165. The van der Waals surface area contributed by atoms with Crippen molar-refractivity contribution in [2.24, 2.45) is 0 Å². The quantitative estimate of drug-likeness (QED) is 0.380. The molecule has 0 unspecified atom stereocenters. The Balaban J connectivity index is 1.58. The van der Waals surface area contributed by atoms with Crippen LogP contribution in [0.15, 0.2) is 42.5 Å². The van der Waals surface area contributed by atoms with Gasteiger partial charge in [-0.2, -0.15) is 5.10 Å². The lowest BCUT2D eigenvalue weighted by atomic mass is 10.0. The van der Waals surface area contributed by atoms with Gasteiger partial charge in [0.2, 0.25) is 4.96 Å². The lowest BCUT2D eigenvalue weighted by molar-refractivity contribution is -0.110. The van der Waals surface area contributed by atoms with Crippen molar-refractivity contribution in [2.75, 3.05) is 5.32 Å². The second-order valence-electron chi connectivity index (χ2n) is 7.46. The van der Waals surface area contributed by atoms with E-state index in [0.29, 0.717) is 21.5 Å². The van der Waals surface area contributed by atoms with Crippen molar-refractivity contribution in [3.63, 3.8) is 0 Å². The second-order valence-corrected chi connectivity index (χ2v) is 9.32. The van der Waals surface area contributed by atoms with Gasteiger partial charge in [-0.3, -0.25) is 4.79 Å². The first-order chi connectivity index (χ1) is 14.6. The molecule has 0 radical (unpaired) electrons. The largest absolute Gasteiger partial charge is 0.321 e. The molecule has 1 aliphatic carbocycles. The van der Waals surface area contributed by atoms with Crippen LogP contribution in [-0.2, 0) is 4.79 Å². The summed E-state index contributed by atoms with van der Waals surface area (Å²) >= 11 is 13.9. The van der Waals surface area contributed by atoms with Crippen molar-refractivity contribution < 1.29 is 4.79 Å². The molecule has 3 heterocycles. The van der Waals surface area contributed by atoms with Crippen LogP contribution in [0.1, 0.15) is 35.0 Å². The third-order valence-corrected chi connectivity index (χ3v) is 6.90. The van der Waals surface area contributed by atoms with Crippen LogP contribution in [0, 0.1) is 0 Å². The SMILES string of the molecule is O=C1Nc2ccc(Cl)cc2/C1=C\c1c(-c2ccc(Cl)cc2)nc2sc(C3CC3)nn12. The third kappa shape index (κ3) is 2.95. The number of nitrogens with zero attached hydrogens (tertiary/aromatic N) is 3. The maximum absolute atomic E-state index is 12.7. The number of benzene rings is 2. The number of amides is 1. The van der Waals surface area contributed by atoms with E-state index in [4.69, 9.17) is 33.3 Å². The molecule has 2 aliphatic rings. The molecule has 30 heavy (non-hydrogen) atoms. The van der Waals surface area contributed by atoms with E-state index in [1.54, 1.807) is 23.5 Å². The molecule has 0 spiro atoms. The van der Waals surface area contributed by atoms with Gasteiger partial charge in [0.15, 0.2) is 0 Å². The van der Waals surface area contributed by atoms with Crippen molar-refractivity contribution in [3.05, 3.63) is 68.8 Å². The first kappa shape index (κ1) is 18.1. The first-order valence-electron chi connectivity index (χ1n) is 9.55. The van der Waals surface area contributed by atoms with Crippen molar-refractivity contribution >= 4 is 62.7 Å². The molecule has 148 valence electrons. The number of nitrogens with one attached hydrogen (secondary N) is 1. The van der Waals surface area contributed by atoms with Crippen LogP contribution < -0.4 is 5.32 Å². The number of rotatable bonds is 3. The number of halogens is 2. The molecule has 1 aliphatic heterocycles. The summed E-state index contributed by atoms with van der Waals surface area (Å²) in [4.78, 5) is 18.4. The summed E-state index contributed by atoms with van der Waals surface area (Å²) in [6, 6.07) is 12.9. The molecule has 0 atom stereocenters. The fraction of sp³-hybridized carbons (Fsp3) is 0.136. The molecule has 8 heteroatoms. The first-order valence-corrected chi connectivity index (χ1v) is 11.1. The number of imidazole rings is 1. The van der Waals surface area contributed by atoms with Gasteiger partial charge in [-0.15, -0.1) is 0 Å². The zero-order chi connectivity index (χ0) is 20.4. The molecule has 2 aromatic heterocycles. The van der Waals surface area contributed by atoms with Gasteiger partial charge in [0, 0.05) is 32.8 Å². The molecule has 0 saturated heterocycles. The van der Waals surface area contributed by atoms with Crippen LogP contribution in [-0.4, -0.2) is 20.5 Å². The minimum Gasteiger partial charge on any atom is -0.321 e. The highest BCUT2D eigenvalue weighted by Gasteiger charge is 2.30. The van der Waals surface area contributed by atoms with E-state index in [1.807, 2.05) is 40.9 Å². The normalized spacial score (nSPS) is 17.0. The van der Waals surface area contributed by atoms with Crippen LogP contribution in [0.4, 0.5) is 5.69 Å². The number of aromatic nitrogens is 3. The molecule has 5 nitrogen and oxygen atoms in total. The Morgan fingerprint density at radius 3 is 2.63 bits per heavy atom. The van der Waals surface area contributed by atoms with Crippen LogP contribution in [0.2, 0.25) is 10.0 Å². The Bertz CT molecular complexity index is 1370. The van der Waals surface area contributed by atoms with E-state index in [-0.39, 0.29) is 5.91 Å². The van der Waals surface area contributed by atoms with Gasteiger partial charge in [0.05, 0.1) is 17.0 Å². The summed E-state index contributed by atoms with van der Waals surface area (Å²) in [5, 5.41) is 10.1. The fourth-order valence-electron chi connectivity index (χ4n) is 3.66. The molecule has 1 amide bonds. The summed E-state index contributed by atoms with van der Waals surface area (Å²) in [5.41, 5.74) is 4.53. The maximum atomic E-state index is 12.7. The molecule has 1 saturated carbocycles. The number of hydrogen-bond donors (Lipinski definition) is 1. The fourth-order valence-corrected chi connectivity index (χ4v) is 5.04. The number of anilines is 1. The summed E-state index contributed by atoms with van der Waals surface area (Å²) in [6.45, 7) is 0. The minimum absolute atomic E-state index is 0.165. The average molecular weight is 453 g/mol. The lowest BCUT2D eigenvalue weighted by Gasteiger charge is -2.03. The van der Waals surface area contributed by atoms with Crippen LogP contribution in [0.25, 0.3) is 27.9 Å². The summed E-state index contributed by atoms with van der Waals surface area (Å²) in [6.07, 6.45) is 4.20. The van der Waals surface area contributed by atoms with Gasteiger partial charge < -0.3 is 5.32 Å². The van der Waals surface area contributed by atoms with Gasteiger partial charge in [-0.05, 0) is 49.2 Å². The monoisotopic (exact) mass is 452 g/mol. The Hall–Kier alpha value is -2.67. The summed E-state index contributed by atoms with van der Waals surface area (Å²) in [7, 11) is 0. The van der Waals surface area contributed by atoms with Crippen molar-refractivity contribution in [1.82, 2.24) is 14.6 Å². The standard InChI is InChI=1S/C22H14Cl2N4OS/c23-13-5-3-11(4-6-13)19-18(28-22(26-19)30-21(27-28)12-1-2-12)10-16-15-9-14(24)7-8-17(15)25-20(16)29/h3-10,12H,1-2H2,(H,25,29)/b16-10+. The molecular weight excluding hydrogens is 439 g/mol. The number of fused-ring (bicyclic) bond motifs is 2. The van der Waals surface area contributed by atoms with Gasteiger partial charge in [0.25, 0.3) is 5.91 Å². The van der Waals surface area contributed by atoms with Crippen molar-refractivity contribution in [3.8, 4) is 11.3 Å². The van der Waals surface area contributed by atoms with Gasteiger partial charge in [-0.25, -0.2) is 9.50 Å². The van der Waals surface area contributed by atoms with Gasteiger partial charge >= 0.3 is 0 Å². The summed E-state index contributed by atoms with van der Waals surface area (Å²) in [5.74, 6) is 0.368. The second kappa shape index (κ2) is 6.67. The van der Waals surface area contributed by atoms with E-state index in [2.05, 4.69) is 5.32 Å². The van der Waals surface area contributed by atoms with E-state index in [9.17, 15) is 4.79 Å². The number of hydrogen-bond acceptors (Lipinski definition) is 4. The zero-order valence-corrected chi connectivity index (χ0v) is 17.9. The summed E-state index contributed by atoms with van der Waals surface area (Å²) < 4.78 is 1.85. The van der Waals surface area contributed by atoms with E-state index in [0.717, 1.165) is 38.2 Å². The molecular formula is C22H14Cl2N4OS. The Morgan fingerprint density at radius 2 is 1.87 bits per heavy atom. The Labute approximate surface area is 186 Å². The molecule has 4 aromatic rings. The third-order valence-electron chi connectivity index (χ3n) is 5.34. The highest BCUT2D eigenvalue weighted by atomic mass is 35.5. The van der Waals surface area contributed by atoms with Crippen molar-refractivity contribution in [1.29, 1.82) is 0 Å². The number of carbonyl (C=O) groups excluding carboxylic acids is 1. The Kier molecular flexibility index (Phi) is 4.03. The molecule has 0 bridgehead atoms. The van der Waals surface area contributed by atoms with Gasteiger partial charge in [-0.1, -0.05) is 46.7 Å². The van der Waals surface area contributed by atoms with Crippen LogP contribution in [0.5, 0.6) is 0 Å². The maximum Gasteiger partial charge on any atom is 0.256 e. The predicted molar refractivity (Wildman–Crippen MR) is 121 cm³/mol. The number of carbonyl (C=O) groups is 1.